The molecule has 11 nitrogen and oxygen atoms in total. The lowest BCUT2D eigenvalue weighted by Gasteiger charge is -2.49. The van der Waals surface area contributed by atoms with Gasteiger partial charge in [-0.15, -0.1) is 0 Å². The summed E-state index contributed by atoms with van der Waals surface area (Å²) in [5.41, 5.74) is 1.25. The Hall–Kier alpha value is -4.05. The molecule has 0 spiro atoms. The second-order valence-corrected chi connectivity index (χ2v) is 14.0. The Morgan fingerprint density at radius 2 is 1.86 bits per heavy atom. The molecule has 4 heterocycles. The Balaban J connectivity index is 0.897. The first-order valence-electron chi connectivity index (χ1n) is 16.4. The number of fused-ring (bicyclic) bond motifs is 1. The summed E-state index contributed by atoms with van der Waals surface area (Å²) in [6.07, 6.45) is 2.22. The fourth-order valence-corrected chi connectivity index (χ4v) is 7.78. The number of aromatic nitrogens is 4. The number of ether oxygens (including phenoxy) is 1. The molecule has 49 heavy (non-hydrogen) atoms. The number of amides is 2. The molecule has 3 atom stereocenters. The zero-order chi connectivity index (χ0) is 34.3. The highest BCUT2D eigenvalue weighted by Gasteiger charge is 2.42. The molecule has 3 aliphatic rings. The van der Waals surface area contributed by atoms with Gasteiger partial charge in [-0.25, -0.2) is 19.9 Å². The van der Waals surface area contributed by atoms with Crippen molar-refractivity contribution >= 4 is 38.5 Å². The number of hydrogen-bond donors (Lipinski definition) is 2. The molecule has 3 aromatic heterocycles. The molecule has 0 unspecified atom stereocenters. The first-order valence-corrected chi connectivity index (χ1v) is 17.2. The molecule has 7 rings (SSSR count). The highest BCUT2D eigenvalue weighted by molar-refractivity contribution is 7.22. The number of hydrogen-bond acceptors (Lipinski definition) is 10. The number of rotatable bonds is 8. The number of thiazole rings is 1. The number of nitrogens with one attached hydrogen (secondary N) is 1. The maximum Gasteiger partial charge on any atom is 0.433 e. The average molecular weight is 696 g/mol. The van der Waals surface area contributed by atoms with E-state index in [2.05, 4.69) is 30.2 Å². The van der Waals surface area contributed by atoms with Crippen LogP contribution in [0.4, 0.5) is 18.3 Å². The summed E-state index contributed by atoms with van der Waals surface area (Å²) in [5, 5.41) is 13.5. The minimum Gasteiger partial charge on any atom is -0.390 e. The summed E-state index contributed by atoms with van der Waals surface area (Å²) in [5.74, 6) is -0.197. The number of carbonyl (C=O) groups is 2. The maximum atomic E-state index is 13.1. The number of nitrogens with zero attached hydrogens (tertiary/aromatic N) is 6. The third-order valence-corrected chi connectivity index (χ3v) is 10.6. The summed E-state index contributed by atoms with van der Waals surface area (Å²) in [6, 6.07) is 9.38. The Morgan fingerprint density at radius 1 is 1.06 bits per heavy atom. The standard InChI is InChI=1S/C34H36F3N7O4S/c1-19-17-43(32(47)25-4-2-7-29(40-25)34(35,36)37)10-11-44(19)23-12-21(13-23)31(46)42-33-41-24-9-8-20(14-28(24)49-33)22-15-38-30(39-16-22)18-48-27-6-3-5-26(27)45/h2,4,7-9,14-16,19,21,23,26-27,45H,3,5-6,10-13,17-18H2,1H3,(H,41,42,46)/t19-,21?,23?,26-,27-/m0/s1. The van der Waals surface area contributed by atoms with Gasteiger partial charge in [-0.2, -0.15) is 13.2 Å². The molecule has 258 valence electrons. The van der Waals surface area contributed by atoms with Crippen LogP contribution in [0.15, 0.2) is 48.8 Å². The van der Waals surface area contributed by atoms with E-state index in [1.54, 1.807) is 17.3 Å². The molecule has 1 aliphatic heterocycles. The van der Waals surface area contributed by atoms with Gasteiger partial charge in [0.05, 0.1) is 22.4 Å². The Morgan fingerprint density at radius 3 is 2.57 bits per heavy atom. The molecule has 4 aromatic rings. The van der Waals surface area contributed by atoms with E-state index in [1.165, 1.54) is 23.5 Å². The zero-order valence-electron chi connectivity index (χ0n) is 26.8. The topological polar surface area (TPSA) is 134 Å². The van der Waals surface area contributed by atoms with Crippen LogP contribution < -0.4 is 5.32 Å². The van der Waals surface area contributed by atoms with Gasteiger partial charge in [0.15, 0.2) is 11.0 Å². The van der Waals surface area contributed by atoms with Crippen LogP contribution in [0.3, 0.4) is 0 Å². The van der Waals surface area contributed by atoms with Crippen LogP contribution in [-0.4, -0.2) is 90.6 Å². The molecule has 1 saturated heterocycles. The van der Waals surface area contributed by atoms with Crippen molar-refractivity contribution in [2.45, 2.75) is 76.1 Å². The number of pyridine rings is 1. The first kappa shape index (κ1) is 33.4. The Bertz CT molecular complexity index is 1830. The largest absolute Gasteiger partial charge is 0.433 e. The first-order chi connectivity index (χ1) is 23.5. The highest BCUT2D eigenvalue weighted by Crippen LogP contribution is 2.36. The number of anilines is 1. The minimum atomic E-state index is -4.62. The molecule has 1 aromatic carbocycles. The van der Waals surface area contributed by atoms with E-state index < -0.39 is 23.9 Å². The molecule has 3 fully saturated rings. The van der Waals surface area contributed by atoms with Crippen molar-refractivity contribution in [1.82, 2.24) is 29.7 Å². The van der Waals surface area contributed by atoms with Crippen molar-refractivity contribution in [3.8, 4) is 11.1 Å². The number of carbonyl (C=O) groups excluding carboxylic acids is 2. The summed E-state index contributed by atoms with van der Waals surface area (Å²) in [6.45, 7) is 3.55. The number of benzene rings is 1. The summed E-state index contributed by atoms with van der Waals surface area (Å²) < 4.78 is 46.0. The fraction of sp³-hybridized carbons (Fsp3) is 0.471. The number of aliphatic hydroxyl groups excluding tert-OH is 1. The van der Waals surface area contributed by atoms with Gasteiger partial charge < -0.3 is 20.1 Å². The molecular formula is C34H36F3N7O4S. The lowest BCUT2D eigenvalue weighted by Crippen LogP contribution is -2.60. The van der Waals surface area contributed by atoms with E-state index >= 15 is 0 Å². The molecule has 2 aliphatic carbocycles. The fourth-order valence-electron chi connectivity index (χ4n) is 6.87. The van der Waals surface area contributed by atoms with E-state index in [1.807, 2.05) is 25.1 Å². The third kappa shape index (κ3) is 7.30. The van der Waals surface area contributed by atoms with Crippen LogP contribution in [0.1, 0.15) is 61.0 Å². The third-order valence-electron chi connectivity index (χ3n) is 9.68. The quantitative estimate of drug-likeness (QED) is 0.257. The van der Waals surface area contributed by atoms with Crippen molar-refractivity contribution in [1.29, 1.82) is 0 Å². The lowest BCUT2D eigenvalue weighted by molar-refractivity contribution is -0.141. The van der Waals surface area contributed by atoms with E-state index in [0.717, 1.165) is 46.7 Å². The average Bonchev–Trinajstić information content (AvgIpc) is 3.67. The van der Waals surface area contributed by atoms with Crippen LogP contribution >= 0.6 is 11.3 Å². The van der Waals surface area contributed by atoms with Crippen molar-refractivity contribution in [3.05, 3.63) is 66.0 Å². The Kier molecular flexibility index (Phi) is 9.35. The van der Waals surface area contributed by atoms with Crippen LogP contribution in [0.25, 0.3) is 21.3 Å². The number of piperazine rings is 1. The predicted molar refractivity (Wildman–Crippen MR) is 176 cm³/mol. The molecule has 15 heteroatoms. The zero-order valence-corrected chi connectivity index (χ0v) is 27.6. The Labute approximate surface area is 284 Å². The van der Waals surface area contributed by atoms with Crippen LogP contribution in [0, 0.1) is 5.92 Å². The van der Waals surface area contributed by atoms with Gasteiger partial charge in [0.1, 0.15) is 18.0 Å². The van der Waals surface area contributed by atoms with Gasteiger partial charge in [0.2, 0.25) is 5.91 Å². The van der Waals surface area contributed by atoms with Crippen LogP contribution in [0.2, 0.25) is 0 Å². The van der Waals surface area contributed by atoms with Crippen molar-refractivity contribution < 1.29 is 32.6 Å². The lowest BCUT2D eigenvalue weighted by atomic mass is 9.78. The van der Waals surface area contributed by atoms with Crippen LogP contribution in [0.5, 0.6) is 0 Å². The van der Waals surface area contributed by atoms with E-state index in [9.17, 15) is 27.9 Å². The minimum absolute atomic E-state index is 0.0168. The molecule has 0 radical (unpaired) electrons. The van der Waals surface area contributed by atoms with Gasteiger partial charge >= 0.3 is 6.18 Å². The second kappa shape index (κ2) is 13.7. The van der Waals surface area contributed by atoms with E-state index in [4.69, 9.17) is 4.74 Å². The molecule has 0 bridgehead atoms. The summed E-state index contributed by atoms with van der Waals surface area (Å²) in [7, 11) is 0. The summed E-state index contributed by atoms with van der Waals surface area (Å²) >= 11 is 1.40. The maximum absolute atomic E-state index is 13.1. The summed E-state index contributed by atoms with van der Waals surface area (Å²) in [4.78, 5) is 46.9. The SMILES string of the molecule is C[C@H]1CN(C(=O)c2cccc(C(F)(F)F)n2)CCN1C1CC(C(=O)Nc2nc3ccc(-c4cnc(CO[C@H]5CCC[C@@H]5O)nc4)cc3s2)C1. The van der Waals surface area contributed by atoms with Crippen molar-refractivity contribution in [3.63, 3.8) is 0 Å². The van der Waals surface area contributed by atoms with Gasteiger partial charge in [-0.3, -0.25) is 14.5 Å². The van der Waals surface area contributed by atoms with Gasteiger partial charge in [-0.1, -0.05) is 23.5 Å². The van der Waals surface area contributed by atoms with Gasteiger partial charge in [0.25, 0.3) is 5.91 Å². The number of halogens is 3. The molecular weight excluding hydrogens is 659 g/mol. The van der Waals surface area contributed by atoms with E-state index in [-0.39, 0.29) is 42.3 Å². The monoisotopic (exact) mass is 695 g/mol. The molecule has 2 saturated carbocycles. The number of aliphatic hydroxyl groups is 1. The predicted octanol–water partition coefficient (Wildman–Crippen LogP) is 5.16. The molecule has 2 N–H and O–H groups in total. The smallest absolute Gasteiger partial charge is 0.390 e. The van der Waals surface area contributed by atoms with Crippen LogP contribution in [-0.2, 0) is 22.3 Å². The highest BCUT2D eigenvalue weighted by atomic mass is 32.1. The van der Waals surface area contributed by atoms with E-state index in [0.29, 0.717) is 43.4 Å². The number of alkyl halides is 3. The second-order valence-electron chi connectivity index (χ2n) is 13.0. The molecule has 2 amide bonds. The van der Waals surface area contributed by atoms with Gasteiger partial charge in [0, 0.05) is 55.6 Å². The normalized spacial score (nSPS) is 24.6. The van der Waals surface area contributed by atoms with Gasteiger partial charge in [-0.05, 0) is 68.9 Å². The van der Waals surface area contributed by atoms with Crippen molar-refractivity contribution in [2.75, 3.05) is 25.0 Å². The van der Waals surface area contributed by atoms with Crippen molar-refractivity contribution in [2.24, 2.45) is 5.92 Å².